The lowest BCUT2D eigenvalue weighted by molar-refractivity contribution is 0.622. The molecular weight excluding hydrogens is 322 g/mol. The van der Waals surface area contributed by atoms with Crippen LogP contribution in [0, 0.1) is 9.39 Å². The zero-order chi connectivity index (χ0) is 9.42. The van der Waals surface area contributed by atoms with Crippen LogP contribution in [0.3, 0.4) is 0 Å². The van der Waals surface area contributed by atoms with Crippen LogP contribution in [0.25, 0.3) is 10.1 Å². The summed E-state index contributed by atoms with van der Waals surface area (Å²) in [6.45, 7) is 0. The second kappa shape index (κ2) is 3.71. The van der Waals surface area contributed by atoms with E-state index in [0.717, 1.165) is 15.6 Å². The smallest absolute Gasteiger partial charge is 0.137 e. The van der Waals surface area contributed by atoms with Crippen molar-refractivity contribution in [1.29, 1.82) is 0 Å². The predicted octanol–water partition coefficient (Wildman–Crippen LogP) is 4.38. The molecule has 0 aliphatic rings. The van der Waals surface area contributed by atoms with Crippen LogP contribution in [0.1, 0.15) is 5.56 Å². The molecule has 0 bridgehead atoms. The summed E-state index contributed by atoms with van der Waals surface area (Å²) in [6.07, 6.45) is 0. The molecule has 0 spiro atoms. The minimum Gasteiger partial charge on any atom is -0.206 e. The van der Waals surface area contributed by atoms with Gasteiger partial charge in [0.25, 0.3) is 0 Å². The Kier molecular flexibility index (Phi) is 2.76. The van der Waals surface area contributed by atoms with Crippen LogP contribution in [-0.2, 0) is 5.88 Å². The van der Waals surface area contributed by atoms with Crippen LogP contribution in [0.5, 0.6) is 0 Å². The van der Waals surface area contributed by atoms with E-state index in [-0.39, 0.29) is 5.82 Å². The van der Waals surface area contributed by atoms with E-state index in [2.05, 4.69) is 0 Å². The van der Waals surface area contributed by atoms with E-state index in [4.69, 9.17) is 11.6 Å². The molecule has 68 valence electrons. The van der Waals surface area contributed by atoms with Crippen molar-refractivity contribution in [1.82, 2.24) is 0 Å². The summed E-state index contributed by atoms with van der Waals surface area (Å²) in [5.41, 5.74) is 1.08. The lowest BCUT2D eigenvalue weighted by Crippen LogP contribution is -1.81. The number of benzene rings is 1. The number of rotatable bonds is 1. The molecule has 0 fully saturated rings. The monoisotopic (exact) mass is 326 g/mol. The minimum absolute atomic E-state index is 0.156. The Morgan fingerprint density at radius 3 is 2.92 bits per heavy atom. The number of hydrogen-bond donors (Lipinski definition) is 0. The summed E-state index contributed by atoms with van der Waals surface area (Å²) in [5, 5.41) is 3.05. The maximum Gasteiger partial charge on any atom is 0.137 e. The second-order valence-corrected chi connectivity index (χ2v) is 5.00. The van der Waals surface area contributed by atoms with Gasteiger partial charge in [0.05, 0.1) is 0 Å². The van der Waals surface area contributed by atoms with Gasteiger partial charge in [-0.15, -0.1) is 22.9 Å². The Labute approximate surface area is 97.8 Å². The fourth-order valence-corrected chi connectivity index (χ4v) is 2.93. The number of hydrogen-bond acceptors (Lipinski definition) is 1. The van der Waals surface area contributed by atoms with Crippen molar-refractivity contribution in [3.63, 3.8) is 0 Å². The Balaban J connectivity index is 2.77. The summed E-state index contributed by atoms with van der Waals surface area (Å²) < 4.78 is 14.7. The molecule has 13 heavy (non-hydrogen) atoms. The van der Waals surface area contributed by atoms with Crippen molar-refractivity contribution in [2.45, 2.75) is 5.88 Å². The summed E-state index contributed by atoms with van der Waals surface area (Å²) in [5.74, 6) is 0.331. The van der Waals surface area contributed by atoms with Gasteiger partial charge in [0.1, 0.15) is 5.82 Å². The zero-order valence-electron chi connectivity index (χ0n) is 6.48. The standard InChI is InChI=1S/C9H5ClFIS/c10-3-5-4-13-9-2-7(11)8(12)1-6(5)9/h1-2,4H,3H2. The first-order valence-electron chi connectivity index (χ1n) is 3.63. The average Bonchev–Trinajstić information content (AvgIpc) is 2.48. The molecule has 0 N–H and O–H groups in total. The maximum atomic E-state index is 13.1. The average molecular weight is 327 g/mol. The molecule has 0 aliphatic heterocycles. The Hall–Kier alpha value is 0.130. The molecule has 0 aliphatic carbocycles. The van der Waals surface area contributed by atoms with Crippen LogP contribution in [0.2, 0.25) is 0 Å². The molecule has 1 aromatic heterocycles. The van der Waals surface area contributed by atoms with E-state index in [9.17, 15) is 4.39 Å². The van der Waals surface area contributed by atoms with Crippen LogP contribution in [-0.4, -0.2) is 0 Å². The fraction of sp³-hybridized carbons (Fsp3) is 0.111. The van der Waals surface area contributed by atoms with Gasteiger partial charge in [-0.3, -0.25) is 0 Å². The molecule has 0 radical (unpaired) electrons. The van der Waals surface area contributed by atoms with Crippen LogP contribution < -0.4 is 0 Å². The van der Waals surface area contributed by atoms with Crippen molar-refractivity contribution < 1.29 is 4.39 Å². The zero-order valence-corrected chi connectivity index (χ0v) is 10.2. The van der Waals surface area contributed by atoms with Crippen LogP contribution >= 0.6 is 45.5 Å². The molecular formula is C9H5ClFIS. The van der Waals surface area contributed by atoms with Gasteiger partial charge in [-0.05, 0) is 51.1 Å². The second-order valence-electron chi connectivity index (χ2n) is 2.66. The van der Waals surface area contributed by atoms with Crippen molar-refractivity contribution in [3.8, 4) is 0 Å². The van der Waals surface area contributed by atoms with Gasteiger partial charge in [0, 0.05) is 14.2 Å². The third-order valence-corrected chi connectivity index (χ3v) is 3.95. The van der Waals surface area contributed by atoms with Gasteiger partial charge in [-0.25, -0.2) is 4.39 Å². The molecule has 1 heterocycles. The third-order valence-electron chi connectivity index (χ3n) is 1.84. The number of thiophene rings is 1. The molecule has 0 atom stereocenters. The molecule has 1 aromatic carbocycles. The Morgan fingerprint density at radius 1 is 1.46 bits per heavy atom. The number of halogens is 3. The summed E-state index contributed by atoms with van der Waals surface area (Å²) >= 11 is 9.27. The van der Waals surface area contributed by atoms with E-state index in [1.807, 2.05) is 34.0 Å². The summed E-state index contributed by atoms with van der Waals surface area (Å²) in [7, 11) is 0. The molecule has 4 heteroatoms. The minimum atomic E-state index is -0.156. The number of alkyl halides is 1. The largest absolute Gasteiger partial charge is 0.206 e. The first kappa shape index (κ1) is 9.68. The van der Waals surface area contributed by atoms with E-state index in [0.29, 0.717) is 9.45 Å². The van der Waals surface area contributed by atoms with Gasteiger partial charge in [-0.2, -0.15) is 0 Å². The maximum absolute atomic E-state index is 13.1. The number of fused-ring (bicyclic) bond motifs is 1. The van der Waals surface area contributed by atoms with E-state index in [1.54, 1.807) is 6.07 Å². The van der Waals surface area contributed by atoms with Crippen molar-refractivity contribution >= 4 is 55.6 Å². The van der Waals surface area contributed by atoms with Crippen molar-refractivity contribution in [2.75, 3.05) is 0 Å². The van der Waals surface area contributed by atoms with Crippen molar-refractivity contribution in [2.24, 2.45) is 0 Å². The fourth-order valence-electron chi connectivity index (χ4n) is 1.18. The predicted molar refractivity (Wildman–Crippen MR) is 64.1 cm³/mol. The molecule has 0 amide bonds. The van der Waals surface area contributed by atoms with Gasteiger partial charge in [-0.1, -0.05) is 0 Å². The van der Waals surface area contributed by atoms with Crippen molar-refractivity contribution in [3.05, 3.63) is 32.5 Å². The Morgan fingerprint density at radius 2 is 2.23 bits per heavy atom. The SMILES string of the molecule is Fc1cc2scc(CCl)c2cc1I. The highest BCUT2D eigenvalue weighted by Gasteiger charge is 2.06. The molecule has 0 unspecified atom stereocenters. The molecule has 2 aromatic rings. The summed E-state index contributed by atoms with van der Waals surface area (Å²) in [6, 6.07) is 3.41. The van der Waals surface area contributed by atoms with Crippen LogP contribution in [0.15, 0.2) is 17.5 Å². The normalized spacial score (nSPS) is 11.0. The topological polar surface area (TPSA) is 0 Å². The van der Waals surface area contributed by atoms with Gasteiger partial charge < -0.3 is 0 Å². The molecule has 2 rings (SSSR count). The first-order valence-corrected chi connectivity index (χ1v) is 6.12. The molecule has 0 saturated carbocycles. The lowest BCUT2D eigenvalue weighted by atomic mass is 10.2. The highest BCUT2D eigenvalue weighted by Crippen LogP contribution is 2.29. The Bertz CT molecular complexity index is 452. The van der Waals surface area contributed by atoms with Gasteiger partial charge in [0.15, 0.2) is 0 Å². The van der Waals surface area contributed by atoms with E-state index < -0.39 is 0 Å². The quantitative estimate of drug-likeness (QED) is 0.539. The highest BCUT2D eigenvalue weighted by molar-refractivity contribution is 14.1. The molecule has 0 saturated heterocycles. The van der Waals surface area contributed by atoms with Gasteiger partial charge in [0.2, 0.25) is 0 Å². The van der Waals surface area contributed by atoms with Gasteiger partial charge >= 0.3 is 0 Å². The van der Waals surface area contributed by atoms with Crippen LogP contribution in [0.4, 0.5) is 4.39 Å². The first-order chi connectivity index (χ1) is 6.22. The highest BCUT2D eigenvalue weighted by atomic mass is 127. The molecule has 0 nitrogen and oxygen atoms in total. The van der Waals surface area contributed by atoms with E-state index in [1.165, 1.54) is 11.3 Å². The lowest BCUT2D eigenvalue weighted by Gasteiger charge is -1.96. The van der Waals surface area contributed by atoms with E-state index >= 15 is 0 Å². The summed E-state index contributed by atoms with van der Waals surface area (Å²) in [4.78, 5) is 0. The third kappa shape index (κ3) is 1.69.